The number of aliphatic hydroxyl groups is 5. The van der Waals surface area contributed by atoms with Crippen LogP contribution in [0, 0.1) is 17.8 Å². The molecule has 0 aliphatic rings. The number of aliphatic hydroxyl groups excluding tert-OH is 5. The van der Waals surface area contributed by atoms with Crippen LogP contribution in [-0.2, 0) is 106 Å². The molecule has 0 bridgehead atoms. The van der Waals surface area contributed by atoms with Crippen molar-refractivity contribution in [3.63, 3.8) is 0 Å². The lowest BCUT2D eigenvalue weighted by Gasteiger charge is -2.28. The molecular formula is C76H116N20O27. The van der Waals surface area contributed by atoms with Crippen LogP contribution in [0.3, 0.4) is 0 Å². The maximum absolute atomic E-state index is 14.5. The van der Waals surface area contributed by atoms with Crippen LogP contribution in [0.4, 0.5) is 0 Å². The van der Waals surface area contributed by atoms with Crippen molar-refractivity contribution < 1.29 is 132 Å². The molecule has 47 heteroatoms. The molecule has 682 valence electrons. The van der Waals surface area contributed by atoms with E-state index in [4.69, 9.17) is 17.2 Å². The lowest BCUT2D eigenvalue weighted by atomic mass is 9.99. The van der Waals surface area contributed by atoms with Gasteiger partial charge in [0.15, 0.2) is 0 Å². The number of carbonyl (C=O) groups excluding carboxylic acids is 16. The first-order valence-electron chi connectivity index (χ1n) is 39.3. The molecule has 2 aromatic carbocycles. The molecule has 1 aromatic heterocycles. The van der Waals surface area contributed by atoms with Gasteiger partial charge in [0.05, 0.1) is 70.5 Å². The number of nitrogens with zero attached hydrogens (tertiary/aromatic N) is 1. The smallest absolute Gasteiger partial charge is 0.326 e. The first kappa shape index (κ1) is 105. The number of aromatic hydroxyl groups is 2. The fourth-order valence-corrected chi connectivity index (χ4v) is 11.8. The van der Waals surface area contributed by atoms with Gasteiger partial charge in [-0.2, -0.15) is 0 Å². The van der Waals surface area contributed by atoms with Gasteiger partial charge in [0.1, 0.15) is 96.1 Å². The van der Waals surface area contributed by atoms with Gasteiger partial charge in [0, 0.05) is 25.5 Å². The Hall–Kier alpha value is -12.6. The van der Waals surface area contributed by atoms with Gasteiger partial charge in [-0.25, -0.2) is 9.78 Å². The molecule has 31 N–H and O–H groups in total. The van der Waals surface area contributed by atoms with E-state index in [9.17, 15) is 132 Å². The van der Waals surface area contributed by atoms with Gasteiger partial charge < -0.3 is 148 Å². The molecule has 15 atom stereocenters. The molecule has 0 unspecified atom stereocenters. The van der Waals surface area contributed by atoms with E-state index in [1.165, 1.54) is 61.1 Å². The number of aromatic amines is 1. The van der Waals surface area contributed by atoms with Crippen molar-refractivity contribution in [3.8, 4) is 11.5 Å². The molecule has 0 fully saturated rings. The van der Waals surface area contributed by atoms with Crippen LogP contribution in [-0.4, -0.2) is 299 Å². The van der Waals surface area contributed by atoms with E-state index in [0.29, 0.717) is 17.5 Å². The quantitative estimate of drug-likeness (QED) is 0.0233. The molecule has 123 heavy (non-hydrogen) atoms. The van der Waals surface area contributed by atoms with Crippen molar-refractivity contribution in [1.82, 2.24) is 89.7 Å². The fraction of sp³-hybridized carbons (Fsp3) is 0.566. The van der Waals surface area contributed by atoms with E-state index in [2.05, 4.69) is 79.1 Å². The van der Waals surface area contributed by atoms with Crippen LogP contribution in [0.2, 0.25) is 0 Å². The first-order chi connectivity index (χ1) is 58.0. The van der Waals surface area contributed by atoms with Crippen LogP contribution >= 0.6 is 0 Å². The van der Waals surface area contributed by atoms with Crippen LogP contribution < -0.4 is 97.0 Å². The number of aliphatic carboxylic acids is 2. The van der Waals surface area contributed by atoms with Crippen LogP contribution in [0.15, 0.2) is 61.1 Å². The van der Waals surface area contributed by atoms with Crippen molar-refractivity contribution in [1.29, 1.82) is 0 Å². The zero-order valence-electron chi connectivity index (χ0n) is 68.9. The third-order valence-electron chi connectivity index (χ3n) is 18.2. The highest BCUT2D eigenvalue weighted by molar-refractivity contribution is 6.01. The number of carbonyl (C=O) groups is 18. The van der Waals surface area contributed by atoms with Gasteiger partial charge in [-0.1, -0.05) is 65.8 Å². The van der Waals surface area contributed by atoms with Gasteiger partial charge in [-0.15, -0.1) is 0 Å². The van der Waals surface area contributed by atoms with Gasteiger partial charge in [-0.05, 0) is 105 Å². The minimum absolute atomic E-state index is 0.0769. The Morgan fingerprint density at radius 3 is 1.11 bits per heavy atom. The van der Waals surface area contributed by atoms with E-state index in [1.54, 1.807) is 41.5 Å². The molecule has 16 amide bonds. The highest BCUT2D eigenvalue weighted by Crippen LogP contribution is 2.17. The second kappa shape index (κ2) is 53.3. The van der Waals surface area contributed by atoms with Crippen LogP contribution in [0.5, 0.6) is 11.5 Å². The number of phenols is 2. The zero-order chi connectivity index (χ0) is 92.5. The number of benzene rings is 2. The van der Waals surface area contributed by atoms with Gasteiger partial charge in [-0.3, -0.25) is 81.5 Å². The summed E-state index contributed by atoms with van der Waals surface area (Å²) in [4.78, 5) is 250. The lowest BCUT2D eigenvalue weighted by molar-refractivity contribution is -0.142. The maximum atomic E-state index is 14.5. The van der Waals surface area contributed by atoms with Crippen molar-refractivity contribution in [2.45, 2.75) is 210 Å². The number of carboxylic acid groups (broad SMARTS) is 2. The van der Waals surface area contributed by atoms with Gasteiger partial charge in [0.2, 0.25) is 94.5 Å². The Kier molecular flexibility index (Phi) is 45.3. The summed E-state index contributed by atoms with van der Waals surface area (Å²) in [6.07, 6.45) is -2.69. The minimum Gasteiger partial charge on any atom is -0.508 e. The minimum atomic E-state index is -2.14. The second-order valence-electron chi connectivity index (χ2n) is 30.1. The Labute approximate surface area is 706 Å². The summed E-state index contributed by atoms with van der Waals surface area (Å²) in [5.41, 5.74) is 17.2. The van der Waals surface area contributed by atoms with Crippen molar-refractivity contribution in [2.75, 3.05) is 46.1 Å². The standard InChI is InChI=1S/C76H116N20O27/c1-36(2)20-46(86-65(111)47(21-37(3)4)88-73(119)56(33-99)93-64(110)45(10-8-9-19-77)85-72(118)55(32-98)95-71(117)54(31-97)84-59(105)28-78)66(112)89-50(25-42-29-80-35-82-42)69(115)94-57(34-100)74(120)90-52(27-61(107)108)63(109)81-30-60(106)83-51(26-58(79)104)70(116)96-62(39(7)101)75(121)91-49(23-40-11-15-43(102)16-12-40)68(114)87-48(22-38(5)6)67(113)92-53(76(122)123)24-41-13-17-44(103)18-14-41/h11-18,29,35-39,45-57,62,97-103H,8-10,19-28,30-34,77-78H2,1-7H3,(H2,79,104)(H,80,82)(H,81,109)(H,83,106)(H,84,105)(H,85,118)(H,86,111)(H,87,114)(H,88,119)(H,89,112)(H,90,120)(H,91,121)(H,92,113)(H,93,110)(H,94,115)(H,95,117)(H,96,116)(H,107,108)(H,122,123)/t39-,45+,46+,47+,48+,49+,50+,51+,52+,53+,54+,55+,56+,57+,62+/m1/s1. The molecule has 0 aliphatic heterocycles. The molecule has 0 spiro atoms. The lowest BCUT2D eigenvalue weighted by Crippen LogP contribution is -2.62. The predicted octanol–water partition coefficient (Wildman–Crippen LogP) is -10.2. The SMILES string of the molecule is CC(C)C[C@H](NC(=O)[C@H](Cc1ccc(O)cc1)NC(=O)[C@@H](NC(=O)[C@H](CC(N)=O)NC(=O)CNC(=O)[C@H](CC(=O)O)NC(=O)[C@H](CO)NC(=O)[C@H](Cc1c[nH]cn1)NC(=O)[C@H](CC(C)C)NC(=O)[C@H](CC(C)C)NC(=O)[C@H](CO)NC(=O)[C@H](CCCCN)NC(=O)[C@H](CO)NC(=O)[C@H](CO)NC(=O)CN)[C@@H](C)O)C(=O)N[C@@H](Cc1ccc(O)cc1)C(=O)O. The maximum Gasteiger partial charge on any atom is 0.326 e. The van der Waals surface area contributed by atoms with E-state index >= 15 is 0 Å². The second-order valence-corrected chi connectivity index (χ2v) is 30.1. The highest BCUT2D eigenvalue weighted by atomic mass is 16.4. The summed E-state index contributed by atoms with van der Waals surface area (Å²) in [7, 11) is 0. The van der Waals surface area contributed by atoms with Crippen LogP contribution in [0.1, 0.15) is 117 Å². The molecular weight excluding hydrogens is 1620 g/mol. The largest absolute Gasteiger partial charge is 0.508 e. The summed E-state index contributed by atoms with van der Waals surface area (Å²) >= 11 is 0. The number of H-pyrrole nitrogens is 1. The third-order valence-corrected chi connectivity index (χ3v) is 18.2. The number of aromatic nitrogens is 2. The Balaban J connectivity index is 1.83. The summed E-state index contributed by atoms with van der Waals surface area (Å²) in [5.74, 6) is -23.2. The number of hydrogen-bond acceptors (Lipinski definition) is 28. The van der Waals surface area contributed by atoms with E-state index < -0.39 is 262 Å². The number of phenolic OH excluding ortho intramolecular Hbond substituents is 2. The Morgan fingerprint density at radius 2 is 0.732 bits per heavy atom. The molecule has 47 nitrogen and oxygen atoms in total. The average molecular weight is 1740 g/mol. The molecule has 3 aromatic rings. The summed E-state index contributed by atoms with van der Waals surface area (Å²) in [5, 5.41) is 125. The first-order valence-corrected chi connectivity index (χ1v) is 39.3. The topological polar surface area (TPSA) is 777 Å². The monoisotopic (exact) mass is 1740 g/mol. The van der Waals surface area contributed by atoms with Crippen LogP contribution in [0.25, 0.3) is 0 Å². The number of nitrogens with one attached hydrogen (secondary N) is 16. The van der Waals surface area contributed by atoms with Crippen molar-refractivity contribution in [3.05, 3.63) is 77.9 Å². The van der Waals surface area contributed by atoms with E-state index in [-0.39, 0.29) is 80.5 Å². The molecule has 0 aliphatic carbocycles. The van der Waals surface area contributed by atoms with Gasteiger partial charge in [0.25, 0.3) is 0 Å². The summed E-state index contributed by atoms with van der Waals surface area (Å²) in [6.45, 7) is 5.11. The molecule has 0 saturated heterocycles. The predicted molar refractivity (Wildman–Crippen MR) is 430 cm³/mol. The summed E-state index contributed by atoms with van der Waals surface area (Å²) in [6, 6.07) is -13.7. The number of carboxylic acids is 2. The van der Waals surface area contributed by atoms with Crippen molar-refractivity contribution in [2.24, 2.45) is 35.0 Å². The number of hydrogen-bond donors (Lipinski definition) is 28. The third kappa shape index (κ3) is 37.9. The number of imidazole rings is 1. The number of amides is 16. The van der Waals surface area contributed by atoms with Gasteiger partial charge >= 0.3 is 11.9 Å². The molecule has 1 heterocycles. The fourth-order valence-electron chi connectivity index (χ4n) is 11.8. The van der Waals surface area contributed by atoms with Crippen molar-refractivity contribution >= 4 is 106 Å². The Morgan fingerprint density at radius 1 is 0.390 bits per heavy atom. The number of unbranched alkanes of at least 4 members (excludes halogenated alkanes) is 1. The average Bonchev–Trinajstić information content (AvgIpc) is 1.56. The number of nitrogens with two attached hydrogens (primary N) is 3. The zero-order valence-corrected chi connectivity index (χ0v) is 68.9. The Bertz CT molecular complexity index is 4060. The molecule has 0 saturated carbocycles. The molecule has 0 radical (unpaired) electrons. The van der Waals surface area contributed by atoms with E-state index in [1.807, 2.05) is 10.6 Å². The normalized spacial score (nSPS) is 14.8. The van der Waals surface area contributed by atoms with E-state index in [0.717, 1.165) is 6.92 Å². The summed E-state index contributed by atoms with van der Waals surface area (Å²) < 4.78 is 0. The number of rotatable bonds is 56. The number of primary amides is 1. The molecule has 3 rings (SSSR count). The highest BCUT2D eigenvalue weighted by Gasteiger charge is 2.40.